The molecule has 4 nitrogen and oxygen atoms in total. The number of aromatic amines is 1. The minimum Gasteiger partial charge on any atom is -0.362 e. The minimum atomic E-state index is 0.713. The van der Waals surface area contributed by atoms with Crippen LogP contribution in [0.1, 0.15) is 11.4 Å². The topological polar surface area (TPSA) is 54.7 Å². The second-order valence-corrected chi connectivity index (χ2v) is 2.29. The Balaban J connectivity index is 2.14. The Morgan fingerprint density at radius 3 is 3.08 bits per heavy atom. The van der Waals surface area contributed by atoms with Crippen LogP contribution in [0.4, 0.5) is 0 Å². The van der Waals surface area contributed by atoms with Crippen molar-refractivity contribution in [3.63, 3.8) is 0 Å². The monoisotopic (exact) mass is 161 g/mol. The highest BCUT2D eigenvalue weighted by Crippen LogP contribution is 2.02. The molecular weight excluding hydrogens is 154 g/mol. The second-order valence-electron chi connectivity index (χ2n) is 2.29. The summed E-state index contributed by atoms with van der Waals surface area (Å²) in [6.45, 7) is 0. The van der Waals surface area contributed by atoms with Crippen LogP contribution in [0.15, 0.2) is 29.2 Å². The zero-order valence-electron chi connectivity index (χ0n) is 6.27. The van der Waals surface area contributed by atoms with Crippen LogP contribution in [0, 0.1) is 0 Å². The molecule has 0 saturated heterocycles. The van der Waals surface area contributed by atoms with Gasteiger partial charge in [0.1, 0.15) is 5.69 Å². The van der Waals surface area contributed by atoms with E-state index in [0.717, 1.165) is 5.69 Å². The molecule has 4 heteroatoms. The van der Waals surface area contributed by atoms with Gasteiger partial charge >= 0.3 is 0 Å². The maximum atomic E-state index is 4.42. The number of rotatable bonds is 2. The van der Waals surface area contributed by atoms with Gasteiger partial charge in [-0.2, -0.15) is 0 Å². The Morgan fingerprint density at radius 1 is 1.42 bits per heavy atom. The van der Waals surface area contributed by atoms with Gasteiger partial charge in [-0.05, 0) is 24.3 Å². The molecule has 0 fully saturated rings. The molecule has 0 bridgehead atoms. The van der Waals surface area contributed by atoms with Gasteiger partial charge in [0.2, 0.25) is 0 Å². The molecule has 0 aliphatic heterocycles. The first-order valence-electron chi connectivity index (χ1n) is 3.54. The highest BCUT2D eigenvalue weighted by molar-refractivity contribution is 5.65. The smallest absolute Gasteiger partial charge is 0.127 e. The first-order valence-corrected chi connectivity index (χ1v) is 3.54. The lowest BCUT2D eigenvalue weighted by atomic mass is 10.3. The van der Waals surface area contributed by atoms with E-state index >= 15 is 0 Å². The lowest BCUT2D eigenvalue weighted by Crippen LogP contribution is -1.69. The third kappa shape index (κ3) is 1.42. The van der Waals surface area contributed by atoms with E-state index in [4.69, 9.17) is 0 Å². The molecule has 0 aliphatic carbocycles. The van der Waals surface area contributed by atoms with Gasteiger partial charge in [-0.25, -0.2) is 4.63 Å². The summed E-state index contributed by atoms with van der Waals surface area (Å²) in [7, 11) is 0. The SMILES string of the molecule is C(=C\c1ccc[nH]1)/c1cnon1. The van der Waals surface area contributed by atoms with Gasteiger partial charge in [0.25, 0.3) is 0 Å². The lowest BCUT2D eigenvalue weighted by Gasteiger charge is -1.81. The number of hydrogen-bond acceptors (Lipinski definition) is 3. The van der Waals surface area contributed by atoms with E-state index in [-0.39, 0.29) is 0 Å². The summed E-state index contributed by atoms with van der Waals surface area (Å²) in [6.07, 6.45) is 7.14. The maximum absolute atomic E-state index is 4.42. The molecule has 0 unspecified atom stereocenters. The van der Waals surface area contributed by atoms with E-state index in [0.29, 0.717) is 5.69 Å². The Kier molecular flexibility index (Phi) is 1.74. The molecule has 0 spiro atoms. The van der Waals surface area contributed by atoms with Crippen molar-refractivity contribution in [1.82, 2.24) is 15.3 Å². The molecule has 0 aromatic carbocycles. The first-order chi connectivity index (χ1) is 5.95. The molecule has 12 heavy (non-hydrogen) atoms. The molecule has 2 aromatic heterocycles. The van der Waals surface area contributed by atoms with E-state index in [9.17, 15) is 0 Å². The highest BCUT2D eigenvalue weighted by atomic mass is 16.6. The summed E-state index contributed by atoms with van der Waals surface area (Å²) < 4.78 is 4.42. The zero-order chi connectivity index (χ0) is 8.23. The van der Waals surface area contributed by atoms with Crippen LogP contribution in [0.25, 0.3) is 12.2 Å². The Hall–Kier alpha value is -1.84. The molecule has 1 N–H and O–H groups in total. The van der Waals surface area contributed by atoms with Crippen LogP contribution in [0.3, 0.4) is 0 Å². The summed E-state index contributed by atoms with van der Waals surface area (Å²) in [5.74, 6) is 0. The zero-order valence-corrected chi connectivity index (χ0v) is 6.27. The van der Waals surface area contributed by atoms with Crippen LogP contribution >= 0.6 is 0 Å². The number of H-pyrrole nitrogens is 1. The molecule has 0 saturated carbocycles. The highest BCUT2D eigenvalue weighted by Gasteiger charge is 1.90. The van der Waals surface area contributed by atoms with Crippen molar-refractivity contribution < 1.29 is 4.63 Å². The first kappa shape index (κ1) is 6.84. The predicted octanol–water partition coefficient (Wildman–Crippen LogP) is 1.57. The van der Waals surface area contributed by atoms with Crippen LogP contribution in [-0.2, 0) is 0 Å². The lowest BCUT2D eigenvalue weighted by molar-refractivity contribution is 0.306. The van der Waals surface area contributed by atoms with Crippen molar-refractivity contribution in [1.29, 1.82) is 0 Å². The molecule has 60 valence electrons. The van der Waals surface area contributed by atoms with E-state index < -0.39 is 0 Å². The minimum absolute atomic E-state index is 0.713. The standard InChI is InChI=1S/C8H7N3O/c1-2-7(9-5-1)3-4-8-6-10-12-11-8/h1-6,9H/b4-3+. The van der Waals surface area contributed by atoms with Crippen molar-refractivity contribution >= 4 is 12.2 Å². The Labute approximate surface area is 68.9 Å². The quantitative estimate of drug-likeness (QED) is 0.727. The Bertz CT molecular complexity index is 311. The summed E-state index contributed by atoms with van der Waals surface area (Å²) in [5, 5.41) is 7.10. The van der Waals surface area contributed by atoms with Crippen LogP contribution < -0.4 is 0 Å². The van der Waals surface area contributed by atoms with Gasteiger partial charge in [-0.15, -0.1) is 0 Å². The largest absolute Gasteiger partial charge is 0.362 e. The van der Waals surface area contributed by atoms with Crippen molar-refractivity contribution in [2.75, 3.05) is 0 Å². The molecular formula is C8H7N3O. The van der Waals surface area contributed by atoms with Crippen molar-refractivity contribution in [2.24, 2.45) is 0 Å². The molecule has 2 aromatic rings. The molecule has 0 atom stereocenters. The van der Waals surface area contributed by atoms with Crippen molar-refractivity contribution in [2.45, 2.75) is 0 Å². The van der Waals surface area contributed by atoms with Crippen LogP contribution in [-0.4, -0.2) is 15.3 Å². The van der Waals surface area contributed by atoms with Gasteiger partial charge in [-0.1, -0.05) is 10.3 Å². The molecule has 0 aliphatic rings. The number of aromatic nitrogens is 3. The van der Waals surface area contributed by atoms with Gasteiger partial charge in [0, 0.05) is 11.9 Å². The van der Waals surface area contributed by atoms with E-state index in [1.165, 1.54) is 0 Å². The number of hydrogen-bond donors (Lipinski definition) is 1. The van der Waals surface area contributed by atoms with E-state index in [1.54, 1.807) is 6.20 Å². The third-order valence-corrected chi connectivity index (χ3v) is 1.43. The van der Waals surface area contributed by atoms with Crippen LogP contribution in [0.5, 0.6) is 0 Å². The molecule has 0 radical (unpaired) electrons. The average molecular weight is 161 g/mol. The van der Waals surface area contributed by atoms with E-state index in [2.05, 4.69) is 19.9 Å². The van der Waals surface area contributed by atoms with Crippen LogP contribution in [0.2, 0.25) is 0 Å². The average Bonchev–Trinajstić information content (AvgIpc) is 2.74. The molecule has 2 rings (SSSR count). The molecule has 0 amide bonds. The van der Waals surface area contributed by atoms with Gasteiger partial charge < -0.3 is 4.98 Å². The number of nitrogens with one attached hydrogen (secondary N) is 1. The number of nitrogens with zero attached hydrogens (tertiary/aromatic N) is 2. The summed E-state index contributed by atoms with van der Waals surface area (Å²) >= 11 is 0. The van der Waals surface area contributed by atoms with Gasteiger partial charge in [0.05, 0.1) is 6.20 Å². The van der Waals surface area contributed by atoms with Gasteiger partial charge in [0.15, 0.2) is 0 Å². The van der Waals surface area contributed by atoms with Crippen molar-refractivity contribution in [3.8, 4) is 0 Å². The second kappa shape index (κ2) is 3.04. The summed E-state index contributed by atoms with van der Waals surface area (Å²) in [5.41, 5.74) is 1.74. The fourth-order valence-corrected chi connectivity index (χ4v) is 0.868. The van der Waals surface area contributed by atoms with Crippen molar-refractivity contribution in [3.05, 3.63) is 35.9 Å². The molecule has 2 heterocycles. The maximum Gasteiger partial charge on any atom is 0.127 e. The summed E-state index contributed by atoms with van der Waals surface area (Å²) in [4.78, 5) is 3.03. The normalized spacial score (nSPS) is 11.0. The van der Waals surface area contributed by atoms with Gasteiger partial charge in [-0.3, -0.25) is 0 Å². The Morgan fingerprint density at radius 2 is 2.42 bits per heavy atom. The van der Waals surface area contributed by atoms with E-state index in [1.807, 2.05) is 30.5 Å². The fraction of sp³-hybridized carbons (Fsp3) is 0. The predicted molar refractivity (Wildman–Crippen MR) is 44.0 cm³/mol. The third-order valence-electron chi connectivity index (χ3n) is 1.43. The summed E-state index contributed by atoms with van der Waals surface area (Å²) in [6, 6.07) is 3.89. The fourth-order valence-electron chi connectivity index (χ4n) is 0.868.